The summed E-state index contributed by atoms with van der Waals surface area (Å²) >= 11 is 0. The molecule has 2 aromatic carbocycles. The fourth-order valence-corrected chi connectivity index (χ4v) is 2.89. The number of rotatable bonds is 5. The molecule has 0 saturated heterocycles. The molecule has 138 valence electrons. The highest BCUT2D eigenvalue weighted by Crippen LogP contribution is 2.20. The molecule has 0 aliphatic rings. The molecule has 8 heteroatoms. The van der Waals surface area contributed by atoms with E-state index in [2.05, 4.69) is 9.97 Å². The van der Waals surface area contributed by atoms with Crippen molar-refractivity contribution in [3.63, 3.8) is 0 Å². The standard InChI is InChI=1S/C19H18N4O4/c1-3-22(19(25)13-8-9-16(23(26)27)12(2)10-13)11-17-20-15-7-5-4-6-14(15)18(24)21-17/h4-10H,3,11H2,1-2H3,(H,20,21,24). The molecule has 3 aromatic rings. The molecule has 1 amide bonds. The van der Waals surface area contributed by atoms with E-state index in [1.165, 1.54) is 23.1 Å². The maximum absolute atomic E-state index is 12.8. The summed E-state index contributed by atoms with van der Waals surface area (Å²) in [6.45, 7) is 3.93. The molecule has 0 spiro atoms. The number of hydrogen-bond acceptors (Lipinski definition) is 5. The van der Waals surface area contributed by atoms with Crippen LogP contribution in [0.15, 0.2) is 47.3 Å². The Morgan fingerprint density at radius 1 is 1.26 bits per heavy atom. The van der Waals surface area contributed by atoms with E-state index >= 15 is 0 Å². The van der Waals surface area contributed by atoms with Crippen LogP contribution in [0.2, 0.25) is 0 Å². The molecule has 3 rings (SSSR count). The lowest BCUT2D eigenvalue weighted by atomic mass is 10.1. The predicted octanol–water partition coefficient (Wildman–Crippen LogP) is 2.80. The molecule has 0 aliphatic heterocycles. The van der Waals surface area contributed by atoms with Gasteiger partial charge in [0.2, 0.25) is 0 Å². The van der Waals surface area contributed by atoms with Crippen LogP contribution in [0, 0.1) is 17.0 Å². The minimum absolute atomic E-state index is 0.0323. The van der Waals surface area contributed by atoms with Crippen molar-refractivity contribution < 1.29 is 9.72 Å². The number of nitrogens with zero attached hydrogens (tertiary/aromatic N) is 3. The van der Waals surface area contributed by atoms with E-state index in [-0.39, 0.29) is 23.7 Å². The van der Waals surface area contributed by atoms with Crippen molar-refractivity contribution in [2.75, 3.05) is 6.54 Å². The zero-order valence-corrected chi connectivity index (χ0v) is 14.9. The summed E-state index contributed by atoms with van der Waals surface area (Å²) in [5.41, 5.74) is 1.04. The second-order valence-electron chi connectivity index (χ2n) is 6.11. The average Bonchev–Trinajstić information content (AvgIpc) is 2.65. The number of carbonyl (C=O) groups excluding carboxylic acids is 1. The van der Waals surface area contributed by atoms with E-state index in [0.29, 0.717) is 34.4 Å². The largest absolute Gasteiger partial charge is 0.331 e. The maximum Gasteiger partial charge on any atom is 0.272 e. The summed E-state index contributed by atoms with van der Waals surface area (Å²) in [5.74, 6) is 0.0961. The van der Waals surface area contributed by atoms with Crippen LogP contribution >= 0.6 is 0 Å². The Balaban J connectivity index is 1.89. The van der Waals surface area contributed by atoms with Gasteiger partial charge in [-0.1, -0.05) is 12.1 Å². The minimum Gasteiger partial charge on any atom is -0.331 e. The molecule has 27 heavy (non-hydrogen) atoms. The fourth-order valence-electron chi connectivity index (χ4n) is 2.89. The van der Waals surface area contributed by atoms with E-state index in [9.17, 15) is 19.7 Å². The number of nitro groups is 1. The first kappa shape index (κ1) is 18.2. The third kappa shape index (κ3) is 3.69. The summed E-state index contributed by atoms with van der Waals surface area (Å²) < 4.78 is 0. The molecule has 1 N–H and O–H groups in total. The number of hydrogen-bond donors (Lipinski definition) is 1. The lowest BCUT2D eigenvalue weighted by molar-refractivity contribution is -0.385. The molecule has 0 radical (unpaired) electrons. The first-order chi connectivity index (χ1) is 12.9. The van der Waals surface area contributed by atoms with Crippen molar-refractivity contribution in [2.45, 2.75) is 20.4 Å². The maximum atomic E-state index is 12.8. The molecule has 0 bridgehead atoms. The normalized spacial score (nSPS) is 10.7. The lowest BCUT2D eigenvalue weighted by Crippen LogP contribution is -2.32. The summed E-state index contributed by atoms with van der Waals surface area (Å²) in [5, 5.41) is 11.4. The fraction of sp³-hybridized carbons (Fsp3) is 0.211. The van der Waals surface area contributed by atoms with Crippen molar-refractivity contribution in [3.8, 4) is 0 Å². The van der Waals surface area contributed by atoms with Gasteiger partial charge in [0.25, 0.3) is 17.2 Å². The Morgan fingerprint density at radius 3 is 2.67 bits per heavy atom. The van der Waals surface area contributed by atoms with Crippen molar-refractivity contribution in [2.24, 2.45) is 0 Å². The summed E-state index contributed by atoms with van der Waals surface area (Å²) in [4.78, 5) is 44.1. The number of carbonyl (C=O) groups is 1. The van der Waals surface area contributed by atoms with Gasteiger partial charge in [-0.3, -0.25) is 19.7 Å². The number of aromatic nitrogens is 2. The number of aromatic amines is 1. The molecule has 0 fully saturated rings. The number of aryl methyl sites for hydroxylation is 1. The Morgan fingerprint density at radius 2 is 2.00 bits per heavy atom. The van der Waals surface area contributed by atoms with Gasteiger partial charge in [-0.25, -0.2) is 4.98 Å². The first-order valence-corrected chi connectivity index (χ1v) is 8.43. The smallest absolute Gasteiger partial charge is 0.272 e. The Bertz CT molecular complexity index is 1090. The van der Waals surface area contributed by atoms with Crippen LogP contribution in [-0.4, -0.2) is 32.2 Å². The van der Waals surface area contributed by atoms with Gasteiger partial charge in [-0.05, 0) is 38.1 Å². The van der Waals surface area contributed by atoms with Gasteiger partial charge < -0.3 is 9.88 Å². The average molecular weight is 366 g/mol. The number of fused-ring (bicyclic) bond motifs is 1. The van der Waals surface area contributed by atoms with Crippen LogP contribution in [0.5, 0.6) is 0 Å². The highest BCUT2D eigenvalue weighted by Gasteiger charge is 2.19. The van der Waals surface area contributed by atoms with Crippen molar-refractivity contribution in [1.82, 2.24) is 14.9 Å². The summed E-state index contributed by atoms with van der Waals surface area (Å²) in [6, 6.07) is 11.2. The monoisotopic (exact) mass is 366 g/mol. The van der Waals surface area contributed by atoms with Crippen LogP contribution in [0.1, 0.15) is 28.7 Å². The molecule has 0 unspecified atom stereocenters. The molecule has 0 atom stereocenters. The number of H-pyrrole nitrogens is 1. The predicted molar refractivity (Wildman–Crippen MR) is 101 cm³/mol. The van der Waals surface area contributed by atoms with Gasteiger partial charge in [0, 0.05) is 23.7 Å². The van der Waals surface area contributed by atoms with Gasteiger partial charge in [-0.15, -0.1) is 0 Å². The zero-order chi connectivity index (χ0) is 19.6. The van der Waals surface area contributed by atoms with E-state index in [1.807, 2.05) is 6.92 Å². The molecular weight excluding hydrogens is 348 g/mol. The second kappa shape index (κ2) is 7.36. The van der Waals surface area contributed by atoms with E-state index in [1.54, 1.807) is 31.2 Å². The van der Waals surface area contributed by atoms with Crippen molar-refractivity contribution in [1.29, 1.82) is 0 Å². The molecule has 8 nitrogen and oxygen atoms in total. The van der Waals surface area contributed by atoms with Crippen LogP contribution in [0.25, 0.3) is 10.9 Å². The van der Waals surface area contributed by atoms with Crippen LogP contribution in [0.4, 0.5) is 5.69 Å². The van der Waals surface area contributed by atoms with Gasteiger partial charge >= 0.3 is 0 Å². The van der Waals surface area contributed by atoms with Crippen LogP contribution in [0.3, 0.4) is 0 Å². The van der Waals surface area contributed by atoms with Crippen LogP contribution < -0.4 is 5.56 Å². The Labute approximate surface area is 154 Å². The molecule has 0 aliphatic carbocycles. The Kier molecular flexibility index (Phi) is 4.98. The second-order valence-corrected chi connectivity index (χ2v) is 6.11. The third-order valence-electron chi connectivity index (χ3n) is 4.31. The van der Waals surface area contributed by atoms with Gasteiger partial charge in [0.05, 0.1) is 22.4 Å². The number of nitrogens with one attached hydrogen (secondary N) is 1. The molecule has 0 saturated carbocycles. The highest BCUT2D eigenvalue weighted by molar-refractivity contribution is 5.94. The SMILES string of the molecule is CCN(Cc1nc2ccccc2c(=O)[nH]1)C(=O)c1ccc([N+](=O)[O-])c(C)c1. The van der Waals surface area contributed by atoms with Gasteiger partial charge in [-0.2, -0.15) is 0 Å². The quantitative estimate of drug-likeness (QED) is 0.551. The zero-order valence-electron chi connectivity index (χ0n) is 14.9. The number of para-hydroxylation sites is 1. The van der Waals surface area contributed by atoms with Crippen molar-refractivity contribution >= 4 is 22.5 Å². The molecule has 1 aromatic heterocycles. The highest BCUT2D eigenvalue weighted by atomic mass is 16.6. The van der Waals surface area contributed by atoms with E-state index in [0.717, 1.165) is 0 Å². The third-order valence-corrected chi connectivity index (χ3v) is 4.31. The summed E-state index contributed by atoms with van der Waals surface area (Å²) in [7, 11) is 0. The summed E-state index contributed by atoms with van der Waals surface area (Å²) in [6.07, 6.45) is 0. The van der Waals surface area contributed by atoms with E-state index in [4.69, 9.17) is 0 Å². The van der Waals surface area contributed by atoms with Gasteiger partial charge in [0.1, 0.15) is 5.82 Å². The number of nitro benzene ring substituents is 1. The lowest BCUT2D eigenvalue weighted by Gasteiger charge is -2.20. The minimum atomic E-state index is -0.481. The molecular formula is C19H18N4O4. The number of benzene rings is 2. The van der Waals surface area contributed by atoms with Crippen LogP contribution in [-0.2, 0) is 6.54 Å². The van der Waals surface area contributed by atoms with Crippen molar-refractivity contribution in [3.05, 3.63) is 79.9 Å². The number of amides is 1. The molecule has 1 heterocycles. The Hall–Kier alpha value is -3.55. The first-order valence-electron chi connectivity index (χ1n) is 8.43. The topological polar surface area (TPSA) is 109 Å². The van der Waals surface area contributed by atoms with E-state index < -0.39 is 4.92 Å². The van der Waals surface area contributed by atoms with Gasteiger partial charge in [0.15, 0.2) is 0 Å².